The molecule has 96 valence electrons. The van der Waals surface area contributed by atoms with Gasteiger partial charge in [0.1, 0.15) is 10.7 Å². The highest BCUT2D eigenvalue weighted by molar-refractivity contribution is 7.16. The van der Waals surface area contributed by atoms with Gasteiger partial charge in [-0.3, -0.25) is 4.98 Å². The van der Waals surface area contributed by atoms with Gasteiger partial charge in [0.05, 0.1) is 10.5 Å². The minimum atomic E-state index is 0.779. The average Bonchev–Trinajstić information content (AvgIpc) is 2.79. The van der Waals surface area contributed by atoms with Crippen LogP contribution in [0.1, 0.15) is 18.4 Å². The molecule has 0 spiro atoms. The molecule has 0 radical (unpaired) electrons. The van der Waals surface area contributed by atoms with Crippen molar-refractivity contribution in [2.75, 3.05) is 5.73 Å². The molecule has 3 nitrogen and oxygen atoms in total. The molecular formula is C15H15N3S. The summed E-state index contributed by atoms with van der Waals surface area (Å²) in [7, 11) is 0. The number of para-hydroxylation sites is 1. The number of anilines is 1. The Labute approximate surface area is 116 Å². The van der Waals surface area contributed by atoms with Gasteiger partial charge in [-0.05, 0) is 18.9 Å². The molecule has 1 aromatic carbocycles. The number of nitrogen functional groups attached to an aromatic ring is 1. The summed E-state index contributed by atoms with van der Waals surface area (Å²) in [5, 5.41) is 2.99. The summed E-state index contributed by atoms with van der Waals surface area (Å²) >= 11 is 1.58. The van der Waals surface area contributed by atoms with Gasteiger partial charge in [-0.1, -0.05) is 31.2 Å². The number of rotatable bonds is 3. The lowest BCUT2D eigenvalue weighted by Gasteiger charge is -2.03. The molecule has 2 aromatic heterocycles. The van der Waals surface area contributed by atoms with Crippen molar-refractivity contribution in [1.29, 1.82) is 0 Å². The molecule has 0 saturated carbocycles. The molecule has 0 saturated heterocycles. The zero-order chi connectivity index (χ0) is 13.2. The molecule has 0 aliphatic heterocycles. The van der Waals surface area contributed by atoms with E-state index in [1.54, 1.807) is 17.5 Å². The third-order valence-corrected chi connectivity index (χ3v) is 3.99. The van der Waals surface area contributed by atoms with Crippen LogP contribution in [0, 0.1) is 0 Å². The number of nitrogens with two attached hydrogens (primary N) is 1. The van der Waals surface area contributed by atoms with E-state index in [4.69, 9.17) is 5.73 Å². The fourth-order valence-corrected chi connectivity index (χ4v) is 3.14. The monoisotopic (exact) mass is 269 g/mol. The number of benzene rings is 1. The fraction of sp³-hybridized carbons (Fsp3) is 0.200. The Bertz CT molecular complexity index is 713. The van der Waals surface area contributed by atoms with Crippen molar-refractivity contribution in [3.8, 4) is 11.3 Å². The maximum Gasteiger partial charge on any atom is 0.114 e. The van der Waals surface area contributed by atoms with Crippen LogP contribution < -0.4 is 5.73 Å². The van der Waals surface area contributed by atoms with Crippen LogP contribution >= 0.6 is 11.3 Å². The highest BCUT2D eigenvalue weighted by Crippen LogP contribution is 2.34. The second-order valence-electron chi connectivity index (χ2n) is 4.45. The van der Waals surface area contributed by atoms with E-state index in [1.165, 1.54) is 0 Å². The molecule has 4 heteroatoms. The number of hydrogen-bond acceptors (Lipinski definition) is 4. The van der Waals surface area contributed by atoms with Gasteiger partial charge in [0.15, 0.2) is 0 Å². The summed E-state index contributed by atoms with van der Waals surface area (Å²) in [6, 6.07) is 10.1. The number of aryl methyl sites for hydroxylation is 1. The Morgan fingerprint density at radius 3 is 2.89 bits per heavy atom. The lowest BCUT2D eigenvalue weighted by molar-refractivity contribution is 0.910. The van der Waals surface area contributed by atoms with E-state index in [9.17, 15) is 0 Å². The average molecular weight is 269 g/mol. The number of hydrogen-bond donors (Lipinski definition) is 1. The summed E-state index contributed by atoms with van der Waals surface area (Å²) in [6.07, 6.45) is 3.87. The molecule has 2 N–H and O–H groups in total. The molecule has 3 rings (SSSR count). The quantitative estimate of drug-likeness (QED) is 0.784. The van der Waals surface area contributed by atoms with Crippen LogP contribution in [0.4, 0.5) is 5.00 Å². The standard InChI is InChI=1S/C15H15N3S/c1-2-5-12-18-14(15(16)19-12)11-8-3-6-10-7-4-9-17-13(10)11/h3-4,6-9H,2,5,16H2,1H3. The molecule has 0 bridgehead atoms. The van der Waals surface area contributed by atoms with Gasteiger partial charge in [-0.25, -0.2) is 4.98 Å². The number of pyridine rings is 1. The van der Waals surface area contributed by atoms with E-state index in [-0.39, 0.29) is 0 Å². The first-order valence-corrected chi connectivity index (χ1v) is 7.20. The third-order valence-electron chi connectivity index (χ3n) is 3.05. The summed E-state index contributed by atoms with van der Waals surface area (Å²) in [6.45, 7) is 2.15. The summed E-state index contributed by atoms with van der Waals surface area (Å²) in [5.74, 6) is 0. The van der Waals surface area contributed by atoms with Gasteiger partial charge >= 0.3 is 0 Å². The molecule has 0 unspecified atom stereocenters. The highest BCUT2D eigenvalue weighted by Gasteiger charge is 2.13. The van der Waals surface area contributed by atoms with Gasteiger partial charge in [-0.15, -0.1) is 11.3 Å². The molecular weight excluding hydrogens is 254 g/mol. The van der Waals surface area contributed by atoms with Crippen molar-refractivity contribution in [2.24, 2.45) is 0 Å². The van der Waals surface area contributed by atoms with Crippen molar-refractivity contribution < 1.29 is 0 Å². The van der Waals surface area contributed by atoms with E-state index in [0.717, 1.165) is 45.0 Å². The SMILES string of the molecule is CCCc1nc(-c2cccc3cccnc23)c(N)s1. The fourth-order valence-electron chi connectivity index (χ4n) is 2.19. The number of nitrogens with zero attached hydrogens (tertiary/aromatic N) is 2. The molecule has 19 heavy (non-hydrogen) atoms. The molecule has 0 amide bonds. The Hall–Kier alpha value is -1.94. The molecule has 3 aromatic rings. The van der Waals surface area contributed by atoms with Crippen LogP contribution in [-0.2, 0) is 6.42 Å². The highest BCUT2D eigenvalue weighted by atomic mass is 32.1. The van der Waals surface area contributed by atoms with Crippen LogP contribution in [0.5, 0.6) is 0 Å². The normalized spacial score (nSPS) is 11.0. The Kier molecular flexibility index (Phi) is 3.17. The molecule has 0 aliphatic rings. The predicted molar refractivity (Wildman–Crippen MR) is 81.3 cm³/mol. The first-order valence-electron chi connectivity index (χ1n) is 6.39. The van der Waals surface area contributed by atoms with Crippen molar-refractivity contribution in [3.05, 3.63) is 41.5 Å². The first-order chi connectivity index (χ1) is 9.29. The zero-order valence-electron chi connectivity index (χ0n) is 10.8. The smallest absolute Gasteiger partial charge is 0.114 e. The van der Waals surface area contributed by atoms with Gasteiger partial charge in [0.25, 0.3) is 0 Å². The van der Waals surface area contributed by atoms with Crippen molar-refractivity contribution >= 4 is 27.2 Å². The molecule has 0 aliphatic carbocycles. The maximum absolute atomic E-state index is 6.12. The van der Waals surface area contributed by atoms with E-state index < -0.39 is 0 Å². The van der Waals surface area contributed by atoms with Gasteiger partial charge < -0.3 is 5.73 Å². The lowest BCUT2D eigenvalue weighted by atomic mass is 10.1. The van der Waals surface area contributed by atoms with E-state index in [0.29, 0.717) is 0 Å². The summed E-state index contributed by atoms with van der Waals surface area (Å²) in [4.78, 5) is 9.14. The summed E-state index contributed by atoms with van der Waals surface area (Å²) in [5.41, 5.74) is 8.98. The lowest BCUT2D eigenvalue weighted by Crippen LogP contribution is -1.89. The second kappa shape index (κ2) is 4.97. The van der Waals surface area contributed by atoms with E-state index in [1.807, 2.05) is 18.2 Å². The number of aromatic nitrogens is 2. The minimum absolute atomic E-state index is 0.779. The Morgan fingerprint density at radius 1 is 1.21 bits per heavy atom. The molecule has 0 atom stereocenters. The second-order valence-corrected chi connectivity index (χ2v) is 5.57. The Morgan fingerprint density at radius 2 is 2.05 bits per heavy atom. The number of thiazole rings is 1. The topological polar surface area (TPSA) is 51.8 Å². The van der Waals surface area contributed by atoms with Crippen LogP contribution in [0.3, 0.4) is 0 Å². The third kappa shape index (κ3) is 2.19. The van der Waals surface area contributed by atoms with Gasteiger partial charge in [0.2, 0.25) is 0 Å². The van der Waals surface area contributed by atoms with Gasteiger partial charge in [-0.2, -0.15) is 0 Å². The number of fused-ring (bicyclic) bond motifs is 1. The van der Waals surface area contributed by atoms with Crippen LogP contribution in [0.15, 0.2) is 36.5 Å². The van der Waals surface area contributed by atoms with Crippen molar-refractivity contribution in [3.63, 3.8) is 0 Å². The predicted octanol–water partition coefficient (Wildman–Crippen LogP) is 3.89. The zero-order valence-corrected chi connectivity index (χ0v) is 11.6. The van der Waals surface area contributed by atoms with Crippen molar-refractivity contribution in [2.45, 2.75) is 19.8 Å². The van der Waals surface area contributed by atoms with Crippen LogP contribution in [-0.4, -0.2) is 9.97 Å². The van der Waals surface area contributed by atoms with Gasteiger partial charge in [0, 0.05) is 17.1 Å². The van der Waals surface area contributed by atoms with Crippen molar-refractivity contribution in [1.82, 2.24) is 9.97 Å². The maximum atomic E-state index is 6.12. The first kappa shape index (κ1) is 12.1. The molecule has 2 heterocycles. The van der Waals surface area contributed by atoms with Crippen LogP contribution in [0.2, 0.25) is 0 Å². The largest absolute Gasteiger partial charge is 0.389 e. The van der Waals surface area contributed by atoms with E-state index in [2.05, 4.69) is 29.0 Å². The van der Waals surface area contributed by atoms with Crippen LogP contribution in [0.25, 0.3) is 22.2 Å². The minimum Gasteiger partial charge on any atom is -0.389 e. The van der Waals surface area contributed by atoms with E-state index >= 15 is 0 Å². The molecule has 0 fully saturated rings. The Balaban J connectivity index is 2.19. The summed E-state index contributed by atoms with van der Waals surface area (Å²) < 4.78 is 0.